The van der Waals surface area contributed by atoms with E-state index in [0.29, 0.717) is 16.8 Å². The predicted molar refractivity (Wildman–Crippen MR) is 375 cm³/mol. The summed E-state index contributed by atoms with van der Waals surface area (Å²) in [6.45, 7) is 10.6. The number of anilines is 6. The molecule has 0 N–H and O–H groups in total. The summed E-state index contributed by atoms with van der Waals surface area (Å²) < 4.78 is 91.6. The molecule has 0 saturated heterocycles. The van der Waals surface area contributed by atoms with E-state index in [1.165, 1.54) is 11.1 Å². The Morgan fingerprint density at radius 2 is 0.830 bits per heavy atom. The monoisotopic (exact) mass is 1130 g/mol. The van der Waals surface area contributed by atoms with Crippen LogP contribution in [0.1, 0.15) is 65.0 Å². The van der Waals surface area contributed by atoms with E-state index in [9.17, 15) is 5.48 Å². The first-order chi connectivity index (χ1) is 47.2. The van der Waals surface area contributed by atoms with Crippen LogP contribution in [0.15, 0.2) is 303 Å². The van der Waals surface area contributed by atoms with Gasteiger partial charge in [0.15, 0.2) is 0 Å². The van der Waals surface area contributed by atoms with Crippen molar-refractivity contribution in [3.8, 4) is 89.0 Å². The SMILES string of the molecule is [2H]c1c([2H])c([2H])c(-c2ccc3c(c2)B2c4ccc(-c5c([2H])c([2H])c([2H])c([2H])c5[2H])cc4N(c4c(-c5ccccc5)cc(C(C)(C)C)cc4-c4ccccc4)c4cc(-c5cccc6c5-c5ccccc5C6(C)C)cc(c42)N3c2cc(-c3ccccc3)cc(-c3ccccc3)c2)c([2H])c1[2H]. The number of hydrogen-bond donors (Lipinski definition) is 0. The first-order valence-electron chi connectivity index (χ1n) is 35.2. The summed E-state index contributed by atoms with van der Waals surface area (Å²) in [6, 6.07) is 80.9. The van der Waals surface area contributed by atoms with Crippen molar-refractivity contribution in [2.75, 3.05) is 9.80 Å². The lowest BCUT2D eigenvalue weighted by molar-refractivity contribution is 0.591. The standard InChI is InChI=1S/C85H65BN2/c1-84(2,3)67-54-71(60-35-20-10-21-36-60)83(72(55-67)61-37-22-11-23-38-61)88-78-51-63(57-29-14-7-15-30-57)43-45-75(78)86-76-50-62(56-27-12-6-13-28-56)44-46-77(76)87(68-48-64(58-31-16-8-17-32-58)47-65(49-68)59-33-18-9-19-34-59)79-52-66(53-80(88)82(79)86)69-40-26-42-74-81(69)70-39-24-25-41-73(70)85(74,4)5/h6-55H,1-5H3/i6D,7D,12D,13D,14D,15D,27D,28D,29D,30D. The van der Waals surface area contributed by atoms with Crippen LogP contribution in [-0.2, 0) is 10.8 Å². The van der Waals surface area contributed by atoms with E-state index in [-0.39, 0.29) is 46.1 Å². The zero-order valence-corrected chi connectivity index (χ0v) is 49.6. The molecule has 0 fully saturated rings. The lowest BCUT2D eigenvalue weighted by Gasteiger charge is -2.45. The van der Waals surface area contributed by atoms with Crippen molar-refractivity contribution in [1.82, 2.24) is 0 Å². The molecular weight excluding hydrogens is 1060 g/mol. The molecule has 2 nitrogen and oxygen atoms in total. The van der Waals surface area contributed by atoms with Crippen molar-refractivity contribution in [1.29, 1.82) is 0 Å². The van der Waals surface area contributed by atoms with E-state index in [2.05, 4.69) is 226 Å². The smallest absolute Gasteiger partial charge is 0.252 e. The molecule has 0 atom stereocenters. The molecule has 0 amide bonds. The van der Waals surface area contributed by atoms with Gasteiger partial charge in [0.05, 0.1) is 19.4 Å². The average molecular weight is 1140 g/mol. The molecule has 0 aromatic heterocycles. The third-order valence-corrected chi connectivity index (χ3v) is 18.3. The van der Waals surface area contributed by atoms with Crippen molar-refractivity contribution < 1.29 is 13.7 Å². The lowest BCUT2D eigenvalue weighted by Crippen LogP contribution is -2.61. The zero-order chi connectivity index (χ0) is 68.0. The van der Waals surface area contributed by atoms with E-state index in [1.807, 2.05) is 60.7 Å². The van der Waals surface area contributed by atoms with Crippen molar-refractivity contribution in [2.45, 2.75) is 45.4 Å². The van der Waals surface area contributed by atoms with Gasteiger partial charge in [-0.3, -0.25) is 0 Å². The second-order valence-corrected chi connectivity index (χ2v) is 24.9. The first-order valence-corrected chi connectivity index (χ1v) is 30.2. The predicted octanol–water partition coefficient (Wildman–Crippen LogP) is 21.0. The molecule has 1 aliphatic carbocycles. The highest BCUT2D eigenvalue weighted by atomic mass is 15.2. The summed E-state index contributed by atoms with van der Waals surface area (Å²) in [5, 5.41) is 0. The molecule has 2 heterocycles. The average Bonchev–Trinajstić information content (AvgIpc) is 0.762. The maximum absolute atomic E-state index is 9.56. The number of rotatable bonds is 9. The topological polar surface area (TPSA) is 6.48 Å². The maximum atomic E-state index is 9.56. The lowest BCUT2D eigenvalue weighted by atomic mass is 9.33. The highest BCUT2D eigenvalue weighted by molar-refractivity contribution is 7.00. The summed E-state index contributed by atoms with van der Waals surface area (Å²) >= 11 is 0. The summed E-state index contributed by atoms with van der Waals surface area (Å²) in [6.07, 6.45) is 0. The molecule has 0 radical (unpaired) electrons. The molecular formula is C85H65BN2. The molecule has 3 heteroatoms. The van der Waals surface area contributed by atoms with Crippen LogP contribution in [0.3, 0.4) is 0 Å². The molecule has 0 unspecified atom stereocenters. The molecule has 13 aromatic rings. The Morgan fingerprint density at radius 1 is 0.341 bits per heavy atom. The number of nitrogens with zero attached hydrogens (tertiary/aromatic N) is 2. The second kappa shape index (κ2) is 20.9. The highest BCUT2D eigenvalue weighted by Gasteiger charge is 2.46. The largest absolute Gasteiger partial charge is 0.311 e. The Balaban J connectivity index is 1.12. The maximum Gasteiger partial charge on any atom is 0.252 e. The summed E-state index contributed by atoms with van der Waals surface area (Å²) in [5.41, 5.74) is 23.2. The van der Waals surface area contributed by atoms with Gasteiger partial charge in [0, 0.05) is 45.0 Å². The molecule has 418 valence electrons. The van der Waals surface area contributed by atoms with Crippen molar-refractivity contribution in [2.24, 2.45) is 0 Å². The Morgan fingerprint density at radius 3 is 1.41 bits per heavy atom. The van der Waals surface area contributed by atoms with E-state index in [1.54, 1.807) is 0 Å². The van der Waals surface area contributed by atoms with Crippen LogP contribution in [-0.4, -0.2) is 6.71 Å². The van der Waals surface area contributed by atoms with Gasteiger partial charge in [-0.25, -0.2) is 0 Å². The minimum Gasteiger partial charge on any atom is -0.311 e. The van der Waals surface area contributed by atoms with Crippen LogP contribution in [0, 0.1) is 0 Å². The summed E-state index contributed by atoms with van der Waals surface area (Å²) in [5.74, 6) is 0. The van der Waals surface area contributed by atoms with Crippen molar-refractivity contribution >= 4 is 57.2 Å². The van der Waals surface area contributed by atoms with Crippen molar-refractivity contribution in [3.05, 3.63) is 320 Å². The Hall–Kier alpha value is -10.5. The molecule has 3 aliphatic rings. The fourth-order valence-electron chi connectivity index (χ4n) is 14.1. The van der Waals surface area contributed by atoms with Gasteiger partial charge in [0.1, 0.15) is 0 Å². The number of benzene rings is 13. The van der Waals surface area contributed by atoms with E-state index in [4.69, 9.17) is 8.22 Å². The van der Waals surface area contributed by atoms with Crippen LogP contribution in [0.25, 0.3) is 89.0 Å². The van der Waals surface area contributed by atoms with Gasteiger partial charge >= 0.3 is 0 Å². The van der Waals surface area contributed by atoms with Gasteiger partial charge in [0.25, 0.3) is 6.71 Å². The van der Waals surface area contributed by atoms with Gasteiger partial charge in [-0.1, -0.05) is 283 Å². The quantitative estimate of drug-likeness (QED) is 0.133. The molecule has 2 aliphatic heterocycles. The zero-order valence-electron chi connectivity index (χ0n) is 59.6. The first kappa shape index (κ1) is 43.2. The molecule has 88 heavy (non-hydrogen) atoms. The van der Waals surface area contributed by atoms with Crippen LogP contribution in [0.5, 0.6) is 0 Å². The highest BCUT2D eigenvalue weighted by Crippen LogP contribution is 2.56. The Bertz CT molecular complexity index is 5300. The van der Waals surface area contributed by atoms with E-state index >= 15 is 0 Å². The summed E-state index contributed by atoms with van der Waals surface area (Å²) in [7, 11) is 0. The molecule has 0 saturated carbocycles. The fraction of sp³-hybridized carbons (Fsp3) is 0.0824. The molecule has 13 aromatic carbocycles. The number of hydrogen-bond acceptors (Lipinski definition) is 2. The van der Waals surface area contributed by atoms with Crippen LogP contribution < -0.4 is 26.2 Å². The molecule has 16 rings (SSSR count). The summed E-state index contributed by atoms with van der Waals surface area (Å²) in [4.78, 5) is 4.74. The third kappa shape index (κ3) is 8.78. The van der Waals surface area contributed by atoms with Crippen molar-refractivity contribution in [3.63, 3.8) is 0 Å². The van der Waals surface area contributed by atoms with Gasteiger partial charge in [-0.15, -0.1) is 0 Å². The molecule has 0 spiro atoms. The minimum absolute atomic E-state index is 0.0565. The Kier molecular flexibility index (Phi) is 10.3. The minimum atomic E-state index is -0.661. The fourth-order valence-corrected chi connectivity index (χ4v) is 14.1. The van der Waals surface area contributed by atoms with E-state index in [0.717, 1.165) is 117 Å². The number of fused-ring (bicyclic) bond motifs is 7. The van der Waals surface area contributed by atoms with Crippen LogP contribution in [0.4, 0.5) is 34.1 Å². The second-order valence-electron chi connectivity index (χ2n) is 24.9. The Labute approximate surface area is 532 Å². The van der Waals surface area contributed by atoms with Gasteiger partial charge < -0.3 is 9.80 Å². The van der Waals surface area contributed by atoms with Gasteiger partial charge in [0.2, 0.25) is 0 Å². The van der Waals surface area contributed by atoms with Crippen LogP contribution >= 0.6 is 0 Å². The van der Waals surface area contributed by atoms with Crippen LogP contribution in [0.2, 0.25) is 0 Å². The van der Waals surface area contributed by atoms with Gasteiger partial charge in [-0.2, -0.15) is 0 Å². The third-order valence-electron chi connectivity index (χ3n) is 18.3. The molecule has 0 bridgehead atoms. The van der Waals surface area contributed by atoms with E-state index < -0.39 is 43.0 Å². The normalized spacial score (nSPS) is 14.9. The van der Waals surface area contributed by atoms with Gasteiger partial charge in [-0.05, 0) is 171 Å².